The number of carbonyl (C=O) groups excluding carboxylic acids is 1. The molecule has 0 N–H and O–H groups in total. The minimum Gasteiger partial charge on any atom is -0.494 e. The number of ether oxygens (including phenoxy) is 1. The number of halogens is 1. The zero-order valence-corrected chi connectivity index (χ0v) is 10.7. The van der Waals surface area contributed by atoms with E-state index >= 15 is 0 Å². The number of carbonyl (C=O) groups is 1. The molecule has 88 valence electrons. The van der Waals surface area contributed by atoms with Gasteiger partial charge in [-0.2, -0.15) is 0 Å². The molecule has 0 aliphatic rings. The zero-order chi connectivity index (χ0) is 12.1. The number of benzene rings is 1. The Labute approximate surface area is 102 Å². The first kappa shape index (κ1) is 13.0. The van der Waals surface area contributed by atoms with E-state index in [0.29, 0.717) is 6.61 Å². The summed E-state index contributed by atoms with van der Waals surface area (Å²) in [5, 5.41) is -0.613. The fourth-order valence-corrected chi connectivity index (χ4v) is 1.92. The topological polar surface area (TPSA) is 26.3 Å². The van der Waals surface area contributed by atoms with E-state index in [-0.39, 0.29) is 5.78 Å². The van der Waals surface area contributed by atoms with Gasteiger partial charge < -0.3 is 4.74 Å². The molecule has 0 saturated carbocycles. The highest BCUT2D eigenvalue weighted by Gasteiger charge is 2.20. The lowest BCUT2D eigenvalue weighted by Crippen LogP contribution is -2.08. The summed E-state index contributed by atoms with van der Waals surface area (Å²) < 4.78 is 5.51. The molecule has 0 bridgehead atoms. The third kappa shape index (κ3) is 2.76. The van der Waals surface area contributed by atoms with Crippen LogP contribution < -0.4 is 4.74 Å². The van der Waals surface area contributed by atoms with Crippen molar-refractivity contribution in [1.29, 1.82) is 0 Å². The van der Waals surface area contributed by atoms with Crippen LogP contribution in [-0.2, 0) is 11.2 Å². The van der Waals surface area contributed by atoms with E-state index < -0.39 is 5.38 Å². The Bertz CT molecular complexity index is 374. The van der Waals surface area contributed by atoms with Crippen LogP contribution in [0.3, 0.4) is 0 Å². The molecule has 0 radical (unpaired) electrons. The quantitative estimate of drug-likeness (QED) is 0.737. The maximum atomic E-state index is 11.4. The lowest BCUT2D eigenvalue weighted by atomic mass is 9.99. The lowest BCUT2D eigenvalue weighted by molar-refractivity contribution is -0.116. The second kappa shape index (κ2) is 5.90. The van der Waals surface area contributed by atoms with Gasteiger partial charge in [0.1, 0.15) is 11.1 Å². The van der Waals surface area contributed by atoms with Gasteiger partial charge in [-0.15, -0.1) is 11.6 Å². The van der Waals surface area contributed by atoms with E-state index in [1.165, 1.54) is 6.92 Å². The molecule has 1 aromatic carbocycles. The van der Waals surface area contributed by atoms with Crippen molar-refractivity contribution in [3.63, 3.8) is 0 Å². The summed E-state index contributed by atoms with van der Waals surface area (Å²) in [4.78, 5) is 11.4. The maximum absolute atomic E-state index is 11.4. The highest BCUT2D eigenvalue weighted by molar-refractivity contribution is 6.31. The first-order chi connectivity index (χ1) is 7.61. The van der Waals surface area contributed by atoms with Crippen LogP contribution in [0.15, 0.2) is 18.2 Å². The van der Waals surface area contributed by atoms with Crippen LogP contribution in [0.1, 0.15) is 37.3 Å². The zero-order valence-electron chi connectivity index (χ0n) is 9.92. The van der Waals surface area contributed by atoms with Crippen LogP contribution in [0.25, 0.3) is 0 Å². The normalized spacial score (nSPS) is 12.2. The van der Waals surface area contributed by atoms with Gasteiger partial charge in [0.15, 0.2) is 5.78 Å². The minimum atomic E-state index is -0.613. The summed E-state index contributed by atoms with van der Waals surface area (Å²) in [5.41, 5.74) is 1.89. The van der Waals surface area contributed by atoms with Crippen LogP contribution in [0.2, 0.25) is 0 Å². The Morgan fingerprint density at radius 2 is 2.12 bits per heavy atom. The van der Waals surface area contributed by atoms with Gasteiger partial charge in [-0.1, -0.05) is 19.1 Å². The standard InChI is InChI=1S/C13H17ClO2/c1-4-10-7-6-8-11(16-5-2)12(10)13(14)9(3)15/h6-8,13H,4-5H2,1-3H3. The molecule has 3 heteroatoms. The number of hydrogen-bond donors (Lipinski definition) is 0. The summed E-state index contributed by atoms with van der Waals surface area (Å²) >= 11 is 6.14. The Hall–Kier alpha value is -1.02. The largest absolute Gasteiger partial charge is 0.494 e. The second-order valence-electron chi connectivity index (χ2n) is 3.59. The maximum Gasteiger partial charge on any atom is 0.152 e. The molecule has 0 amide bonds. The van der Waals surface area contributed by atoms with Crippen molar-refractivity contribution in [3.05, 3.63) is 29.3 Å². The molecule has 16 heavy (non-hydrogen) atoms. The molecule has 0 aliphatic carbocycles. The Morgan fingerprint density at radius 1 is 1.44 bits per heavy atom. The van der Waals surface area contributed by atoms with Crippen molar-refractivity contribution in [1.82, 2.24) is 0 Å². The molecule has 0 heterocycles. The van der Waals surface area contributed by atoms with Gasteiger partial charge in [0, 0.05) is 5.56 Å². The van der Waals surface area contributed by atoms with Crippen LogP contribution in [0.5, 0.6) is 5.75 Å². The summed E-state index contributed by atoms with van der Waals surface area (Å²) in [7, 11) is 0. The molecule has 0 aromatic heterocycles. The predicted octanol–water partition coefficient (Wildman–Crippen LogP) is 3.52. The highest BCUT2D eigenvalue weighted by atomic mass is 35.5. The molecule has 2 nitrogen and oxygen atoms in total. The fraction of sp³-hybridized carbons (Fsp3) is 0.462. The monoisotopic (exact) mass is 240 g/mol. The Kier molecular flexibility index (Phi) is 4.81. The van der Waals surface area contributed by atoms with E-state index in [1.807, 2.05) is 32.0 Å². The molecular formula is C13H17ClO2. The van der Waals surface area contributed by atoms with Crippen LogP contribution in [-0.4, -0.2) is 12.4 Å². The molecule has 0 saturated heterocycles. The number of alkyl halides is 1. The highest BCUT2D eigenvalue weighted by Crippen LogP contribution is 2.33. The third-order valence-corrected chi connectivity index (χ3v) is 2.97. The second-order valence-corrected chi connectivity index (χ2v) is 4.03. The Balaban J connectivity index is 3.23. The summed E-state index contributed by atoms with van der Waals surface area (Å²) in [6.07, 6.45) is 0.840. The third-order valence-electron chi connectivity index (χ3n) is 2.45. The van der Waals surface area contributed by atoms with Crippen molar-refractivity contribution < 1.29 is 9.53 Å². The van der Waals surface area contributed by atoms with Gasteiger partial charge in [-0.25, -0.2) is 0 Å². The smallest absolute Gasteiger partial charge is 0.152 e. The minimum absolute atomic E-state index is 0.0523. The molecule has 0 aliphatic heterocycles. The molecule has 0 fully saturated rings. The van der Waals surface area contributed by atoms with Gasteiger partial charge in [0.25, 0.3) is 0 Å². The number of Topliss-reactive ketones (excluding diaryl/α,β-unsaturated/α-hetero) is 1. The van der Waals surface area contributed by atoms with Crippen molar-refractivity contribution >= 4 is 17.4 Å². The van der Waals surface area contributed by atoms with Crippen LogP contribution >= 0.6 is 11.6 Å². The first-order valence-corrected chi connectivity index (χ1v) is 5.94. The van der Waals surface area contributed by atoms with E-state index in [0.717, 1.165) is 23.3 Å². The van der Waals surface area contributed by atoms with Gasteiger partial charge >= 0.3 is 0 Å². The lowest BCUT2D eigenvalue weighted by Gasteiger charge is -2.16. The first-order valence-electron chi connectivity index (χ1n) is 5.50. The van der Waals surface area contributed by atoms with Gasteiger partial charge in [-0.3, -0.25) is 4.79 Å². The van der Waals surface area contributed by atoms with Crippen LogP contribution in [0.4, 0.5) is 0 Å². The number of ketones is 1. The molecule has 1 aromatic rings. The molecule has 1 unspecified atom stereocenters. The SMILES string of the molecule is CCOc1cccc(CC)c1C(Cl)C(C)=O. The average Bonchev–Trinajstić information content (AvgIpc) is 2.28. The van der Waals surface area contributed by atoms with E-state index in [2.05, 4.69) is 0 Å². The summed E-state index contributed by atoms with van der Waals surface area (Å²) in [6.45, 7) is 6.03. The Morgan fingerprint density at radius 3 is 2.62 bits per heavy atom. The fourth-order valence-electron chi connectivity index (χ4n) is 1.67. The van der Waals surface area contributed by atoms with Crippen molar-refractivity contribution in [2.24, 2.45) is 0 Å². The van der Waals surface area contributed by atoms with E-state index in [1.54, 1.807) is 0 Å². The van der Waals surface area contributed by atoms with Crippen molar-refractivity contribution in [2.75, 3.05) is 6.61 Å². The molecule has 0 spiro atoms. The number of hydrogen-bond acceptors (Lipinski definition) is 2. The predicted molar refractivity (Wildman–Crippen MR) is 66.3 cm³/mol. The molecular weight excluding hydrogens is 224 g/mol. The van der Waals surface area contributed by atoms with Crippen LogP contribution in [0, 0.1) is 0 Å². The molecule has 1 atom stereocenters. The van der Waals surface area contributed by atoms with E-state index in [9.17, 15) is 4.79 Å². The average molecular weight is 241 g/mol. The van der Waals surface area contributed by atoms with Gasteiger partial charge in [0.2, 0.25) is 0 Å². The summed E-state index contributed by atoms with van der Waals surface area (Å²) in [6, 6.07) is 5.77. The van der Waals surface area contributed by atoms with Crippen molar-refractivity contribution in [2.45, 2.75) is 32.6 Å². The van der Waals surface area contributed by atoms with Gasteiger partial charge in [0.05, 0.1) is 6.61 Å². The molecule has 1 rings (SSSR count). The number of rotatable bonds is 5. The van der Waals surface area contributed by atoms with Crippen molar-refractivity contribution in [3.8, 4) is 5.75 Å². The summed E-state index contributed by atoms with van der Waals surface area (Å²) in [5.74, 6) is 0.667. The number of aryl methyl sites for hydroxylation is 1. The van der Waals surface area contributed by atoms with E-state index in [4.69, 9.17) is 16.3 Å². The van der Waals surface area contributed by atoms with Gasteiger partial charge in [-0.05, 0) is 31.9 Å².